The lowest BCUT2D eigenvalue weighted by Crippen LogP contribution is -2.37. The minimum atomic E-state index is -0.769. The van der Waals surface area contributed by atoms with E-state index in [1.165, 1.54) is 11.1 Å². The first kappa shape index (κ1) is 19.8. The summed E-state index contributed by atoms with van der Waals surface area (Å²) in [4.78, 5) is 0. The van der Waals surface area contributed by atoms with Gasteiger partial charge in [0.05, 0.1) is 16.6 Å². The number of halogens is 2. The average Bonchev–Trinajstić information content (AvgIpc) is 2.97. The molecule has 0 fully saturated rings. The molecule has 0 bridgehead atoms. The van der Waals surface area contributed by atoms with Crippen LogP contribution < -0.4 is 10.3 Å². The number of para-hydroxylation sites is 2. The predicted octanol–water partition coefficient (Wildman–Crippen LogP) is 4.91. The van der Waals surface area contributed by atoms with E-state index in [-0.39, 0.29) is 0 Å². The van der Waals surface area contributed by atoms with Gasteiger partial charge in [-0.15, -0.1) is 0 Å². The summed E-state index contributed by atoms with van der Waals surface area (Å²) in [5.41, 5.74) is 11.7. The summed E-state index contributed by atoms with van der Waals surface area (Å²) in [6.45, 7) is 3.07. The molecule has 0 saturated carbocycles. The molecule has 1 aromatic heterocycles. The molecule has 0 saturated heterocycles. The molecular formula is C23H22Cl2N3O+. The second-order valence-electron chi connectivity index (χ2n) is 7.16. The van der Waals surface area contributed by atoms with Gasteiger partial charge in [-0.1, -0.05) is 65.7 Å². The maximum atomic E-state index is 10.8. The number of anilines is 1. The van der Waals surface area contributed by atoms with Crippen molar-refractivity contribution in [3.8, 4) is 0 Å². The maximum absolute atomic E-state index is 10.8. The van der Waals surface area contributed by atoms with E-state index in [0.717, 1.165) is 11.0 Å². The lowest BCUT2D eigenvalue weighted by molar-refractivity contribution is -0.648. The van der Waals surface area contributed by atoms with E-state index in [2.05, 4.69) is 23.6 Å². The molecule has 0 amide bonds. The number of rotatable bonds is 5. The number of hydrogen-bond donors (Lipinski definition) is 2. The van der Waals surface area contributed by atoms with Gasteiger partial charge in [0.25, 0.3) is 0 Å². The van der Waals surface area contributed by atoms with E-state index in [9.17, 15) is 5.11 Å². The molecule has 0 aliphatic rings. The third kappa shape index (κ3) is 3.84. The molecule has 0 spiro atoms. The van der Waals surface area contributed by atoms with Gasteiger partial charge in [0.15, 0.2) is 0 Å². The van der Waals surface area contributed by atoms with Gasteiger partial charge in [0, 0.05) is 0 Å². The summed E-state index contributed by atoms with van der Waals surface area (Å²) in [5.74, 6) is 0.591. The second kappa shape index (κ2) is 8.07. The van der Waals surface area contributed by atoms with E-state index in [4.69, 9.17) is 28.9 Å². The second-order valence-corrected chi connectivity index (χ2v) is 7.97. The first-order chi connectivity index (χ1) is 14.0. The van der Waals surface area contributed by atoms with Crippen molar-refractivity contribution in [2.75, 3.05) is 5.73 Å². The van der Waals surface area contributed by atoms with Crippen LogP contribution in [0.15, 0.2) is 66.7 Å². The van der Waals surface area contributed by atoms with E-state index >= 15 is 0 Å². The monoisotopic (exact) mass is 426 g/mol. The third-order valence-corrected chi connectivity index (χ3v) is 6.03. The largest absolute Gasteiger partial charge is 0.385 e. The minimum Gasteiger partial charge on any atom is -0.385 e. The Hall–Kier alpha value is -2.53. The number of aliphatic hydroxyl groups excluding tert-OH is 1. The highest BCUT2D eigenvalue weighted by atomic mass is 35.5. The van der Waals surface area contributed by atoms with Gasteiger partial charge in [0.1, 0.15) is 23.7 Å². The maximum Gasteiger partial charge on any atom is 0.356 e. The third-order valence-electron chi connectivity index (χ3n) is 5.29. The molecular weight excluding hydrogens is 405 g/mol. The van der Waals surface area contributed by atoms with Crippen LogP contribution in [0.1, 0.15) is 22.8 Å². The molecule has 4 aromatic rings. The lowest BCUT2D eigenvalue weighted by Gasteiger charge is -2.12. The number of aliphatic hydroxyl groups is 1. The van der Waals surface area contributed by atoms with Crippen LogP contribution in [0.25, 0.3) is 11.0 Å². The molecule has 29 heavy (non-hydrogen) atoms. The molecule has 3 aromatic carbocycles. The Morgan fingerprint density at radius 1 is 1.00 bits per heavy atom. The van der Waals surface area contributed by atoms with Crippen LogP contribution in [0, 0.1) is 6.92 Å². The first-order valence-corrected chi connectivity index (χ1v) is 10.2. The van der Waals surface area contributed by atoms with Crippen LogP contribution >= 0.6 is 23.2 Å². The minimum absolute atomic E-state index is 0.311. The fourth-order valence-corrected chi connectivity index (χ4v) is 3.93. The van der Waals surface area contributed by atoms with Crippen molar-refractivity contribution in [2.45, 2.75) is 26.1 Å². The van der Waals surface area contributed by atoms with E-state index < -0.39 is 6.10 Å². The zero-order chi connectivity index (χ0) is 20.5. The standard InChI is InChI=1S/C23H21Cl2N3O/c1-15-6-2-3-7-17(15)13-27-20-8-4-5-9-21(20)28(23(27)26)14-22(29)16-10-11-18(24)19(25)12-16/h2-12,22,26,29H,13-14H2,1H3/p+1/t22-/m0/s1. The molecule has 148 valence electrons. The van der Waals surface area contributed by atoms with Crippen molar-refractivity contribution in [1.82, 2.24) is 4.57 Å². The summed E-state index contributed by atoms with van der Waals surface area (Å²) in [6, 6.07) is 21.5. The summed E-state index contributed by atoms with van der Waals surface area (Å²) < 4.78 is 4.03. The molecule has 0 radical (unpaired) electrons. The number of nitrogens with zero attached hydrogens (tertiary/aromatic N) is 2. The molecule has 0 aliphatic carbocycles. The fourth-order valence-electron chi connectivity index (χ4n) is 3.63. The van der Waals surface area contributed by atoms with Crippen LogP contribution in [0.2, 0.25) is 10.0 Å². The molecule has 0 unspecified atom stereocenters. The molecule has 6 heteroatoms. The van der Waals surface area contributed by atoms with Crippen molar-refractivity contribution in [2.24, 2.45) is 0 Å². The average molecular weight is 427 g/mol. The SMILES string of the molecule is Cc1ccccc1C[n+]1c(N)n(C[C@H](O)c2ccc(Cl)c(Cl)c2)c2ccccc21. The normalized spacial score (nSPS) is 12.4. The van der Waals surface area contributed by atoms with Crippen molar-refractivity contribution >= 4 is 40.2 Å². The number of nitrogen functional groups attached to an aromatic ring is 1. The Kier molecular flexibility index (Phi) is 5.50. The van der Waals surface area contributed by atoms with Gasteiger partial charge in [0.2, 0.25) is 0 Å². The lowest BCUT2D eigenvalue weighted by atomic mass is 10.1. The predicted molar refractivity (Wildman–Crippen MR) is 118 cm³/mol. The summed E-state index contributed by atoms with van der Waals surface area (Å²) in [5, 5.41) is 11.7. The van der Waals surface area contributed by atoms with Crippen molar-refractivity contribution in [1.29, 1.82) is 0 Å². The van der Waals surface area contributed by atoms with Crippen LogP contribution in [-0.4, -0.2) is 9.67 Å². The highest BCUT2D eigenvalue weighted by Gasteiger charge is 2.24. The quantitative estimate of drug-likeness (QED) is 0.445. The zero-order valence-electron chi connectivity index (χ0n) is 16.0. The summed E-state index contributed by atoms with van der Waals surface area (Å²) in [7, 11) is 0. The van der Waals surface area contributed by atoms with Crippen LogP contribution in [0.5, 0.6) is 0 Å². The van der Waals surface area contributed by atoms with Gasteiger partial charge in [-0.25, -0.2) is 9.13 Å². The molecule has 4 nitrogen and oxygen atoms in total. The molecule has 3 N–H and O–H groups in total. The van der Waals surface area contributed by atoms with Gasteiger partial charge in [-0.05, 0) is 47.9 Å². The van der Waals surface area contributed by atoms with Crippen molar-refractivity contribution in [3.05, 3.63) is 93.5 Å². The Morgan fingerprint density at radius 2 is 1.72 bits per heavy atom. The number of benzene rings is 3. The van der Waals surface area contributed by atoms with Crippen molar-refractivity contribution in [3.63, 3.8) is 0 Å². The summed E-state index contributed by atoms with van der Waals surface area (Å²) in [6.07, 6.45) is -0.769. The molecule has 1 heterocycles. The van der Waals surface area contributed by atoms with Crippen LogP contribution in [0.4, 0.5) is 5.95 Å². The number of aryl methyl sites for hydroxylation is 1. The highest BCUT2D eigenvalue weighted by molar-refractivity contribution is 6.42. The zero-order valence-corrected chi connectivity index (χ0v) is 17.5. The number of nitrogens with two attached hydrogens (primary N) is 1. The van der Waals surface area contributed by atoms with Gasteiger partial charge < -0.3 is 5.11 Å². The topological polar surface area (TPSA) is 55.1 Å². The Morgan fingerprint density at radius 3 is 2.48 bits per heavy atom. The number of fused-ring (bicyclic) bond motifs is 1. The first-order valence-electron chi connectivity index (χ1n) is 9.39. The van der Waals surface area contributed by atoms with Crippen LogP contribution in [0.3, 0.4) is 0 Å². The molecule has 0 aliphatic heterocycles. The van der Waals surface area contributed by atoms with Gasteiger partial charge in [-0.3, -0.25) is 5.73 Å². The van der Waals surface area contributed by atoms with E-state index in [1.54, 1.807) is 18.2 Å². The number of aromatic nitrogens is 2. The van der Waals surface area contributed by atoms with Gasteiger partial charge in [-0.2, -0.15) is 0 Å². The van der Waals surface area contributed by atoms with Crippen molar-refractivity contribution < 1.29 is 9.67 Å². The highest BCUT2D eigenvalue weighted by Crippen LogP contribution is 2.28. The number of imidazole rings is 1. The van der Waals surface area contributed by atoms with E-state index in [1.807, 2.05) is 41.0 Å². The number of hydrogen-bond acceptors (Lipinski definition) is 2. The van der Waals surface area contributed by atoms with Gasteiger partial charge >= 0.3 is 5.95 Å². The van der Waals surface area contributed by atoms with Crippen LogP contribution in [-0.2, 0) is 13.1 Å². The fraction of sp³-hybridized carbons (Fsp3) is 0.174. The molecule has 4 rings (SSSR count). The molecule has 1 atom stereocenters. The Balaban J connectivity index is 1.74. The Bertz CT molecular complexity index is 1190. The Labute approximate surface area is 179 Å². The van der Waals surface area contributed by atoms with E-state index in [0.29, 0.717) is 34.6 Å². The smallest absolute Gasteiger partial charge is 0.356 e. The summed E-state index contributed by atoms with van der Waals surface area (Å²) >= 11 is 12.1.